The van der Waals surface area contributed by atoms with Gasteiger partial charge in [0, 0.05) is 53.9 Å². The largest absolute Gasteiger partial charge is 0.394 e. The number of hydrogen-bond acceptors (Lipinski definition) is 8. The number of nitrogens with zero attached hydrogens (tertiary/aromatic N) is 3. The second-order valence-corrected chi connectivity index (χ2v) is 8.84. The van der Waals surface area contributed by atoms with Gasteiger partial charge in [-0.2, -0.15) is 0 Å². The van der Waals surface area contributed by atoms with Crippen molar-refractivity contribution in [2.24, 2.45) is 11.1 Å². The van der Waals surface area contributed by atoms with Crippen molar-refractivity contribution in [1.82, 2.24) is 4.90 Å². The Morgan fingerprint density at radius 3 is 1.72 bits per heavy atom. The van der Waals surface area contributed by atoms with Gasteiger partial charge in [0.2, 0.25) is 5.91 Å². The summed E-state index contributed by atoms with van der Waals surface area (Å²) in [5.74, 6) is -0.543. The number of aliphatic hydroxyl groups excluding tert-OH is 1. The lowest BCUT2D eigenvalue weighted by atomic mass is 9.54. The van der Waals surface area contributed by atoms with E-state index in [0.717, 1.165) is 0 Å². The minimum Gasteiger partial charge on any atom is -0.394 e. The molecule has 2 aliphatic rings. The zero-order valence-corrected chi connectivity index (χ0v) is 19.2. The molecule has 1 heterocycles. The molecule has 1 aliphatic carbocycles. The van der Waals surface area contributed by atoms with Crippen LogP contribution < -0.4 is 5.73 Å². The molecule has 2 fully saturated rings. The van der Waals surface area contributed by atoms with Crippen LogP contribution in [0.1, 0.15) is 24.0 Å². The van der Waals surface area contributed by atoms with Crippen molar-refractivity contribution in [1.29, 1.82) is 0 Å². The van der Waals surface area contributed by atoms with Gasteiger partial charge in [0.25, 0.3) is 11.4 Å². The monoisotopic (exact) mass is 492 g/mol. The number of allylic oxidation sites excluding steroid dienone is 2. The van der Waals surface area contributed by atoms with E-state index in [9.17, 15) is 34.9 Å². The van der Waals surface area contributed by atoms with Crippen LogP contribution in [-0.2, 0) is 9.59 Å². The Balaban J connectivity index is 1.68. The molecule has 2 aromatic carbocycles. The van der Waals surface area contributed by atoms with Crippen LogP contribution in [0.4, 0.5) is 11.4 Å². The number of Topliss-reactive ketones (excluding diaryl/α,β-unsaturated/α-hetero) is 1. The third-order valence-corrected chi connectivity index (χ3v) is 6.79. The summed E-state index contributed by atoms with van der Waals surface area (Å²) in [5.41, 5.74) is 7.29. The molecule has 0 radical (unpaired) electrons. The van der Waals surface area contributed by atoms with Crippen molar-refractivity contribution in [2.75, 3.05) is 19.7 Å². The molecule has 186 valence electrons. The third-order valence-electron chi connectivity index (χ3n) is 6.79. The fourth-order valence-electron chi connectivity index (χ4n) is 4.75. The number of likely N-dealkylation sites (tertiary alicyclic amines) is 1. The number of ketones is 1. The average Bonchev–Trinajstić information content (AvgIpc) is 2.90. The number of nitro benzene ring substituents is 2. The van der Waals surface area contributed by atoms with Crippen molar-refractivity contribution in [3.63, 3.8) is 0 Å². The Hall–Kier alpha value is -4.22. The van der Waals surface area contributed by atoms with Crippen LogP contribution in [-0.4, -0.2) is 57.3 Å². The molecular formula is C25H24N4O7. The predicted octanol–water partition coefficient (Wildman–Crippen LogP) is 2.48. The molecule has 3 N–H and O–H groups in total. The van der Waals surface area contributed by atoms with Crippen molar-refractivity contribution in [3.05, 3.63) is 91.0 Å². The topological polar surface area (TPSA) is 170 Å². The fourth-order valence-corrected chi connectivity index (χ4v) is 4.75. The summed E-state index contributed by atoms with van der Waals surface area (Å²) in [6.45, 7) is 0.194. The highest BCUT2D eigenvalue weighted by Crippen LogP contribution is 2.56. The van der Waals surface area contributed by atoms with Crippen LogP contribution in [0.5, 0.6) is 0 Å². The normalized spacial score (nSPS) is 19.8. The summed E-state index contributed by atoms with van der Waals surface area (Å²) in [6.07, 6.45) is 4.33. The number of benzene rings is 2. The van der Waals surface area contributed by atoms with Gasteiger partial charge >= 0.3 is 0 Å². The Morgan fingerprint density at radius 1 is 0.944 bits per heavy atom. The number of carbonyl (C=O) groups excluding carboxylic acids is 2. The van der Waals surface area contributed by atoms with E-state index in [1.807, 2.05) is 0 Å². The number of carbonyl (C=O) groups is 2. The lowest BCUT2D eigenvalue weighted by Gasteiger charge is -2.51. The molecule has 1 saturated carbocycles. The van der Waals surface area contributed by atoms with E-state index >= 15 is 0 Å². The first-order chi connectivity index (χ1) is 17.2. The lowest BCUT2D eigenvalue weighted by Crippen LogP contribution is -2.55. The van der Waals surface area contributed by atoms with Crippen LogP contribution in [0.3, 0.4) is 0 Å². The van der Waals surface area contributed by atoms with E-state index in [1.54, 1.807) is 41.3 Å². The van der Waals surface area contributed by atoms with Crippen molar-refractivity contribution in [3.8, 4) is 0 Å². The highest BCUT2D eigenvalue weighted by atomic mass is 16.6. The molecular weight excluding hydrogens is 468 g/mol. The molecule has 1 aliphatic heterocycles. The van der Waals surface area contributed by atoms with Gasteiger partial charge in [-0.15, -0.1) is 0 Å². The summed E-state index contributed by atoms with van der Waals surface area (Å²) in [4.78, 5) is 48.2. The molecule has 4 rings (SSSR count). The van der Waals surface area contributed by atoms with E-state index in [4.69, 9.17) is 5.73 Å². The van der Waals surface area contributed by atoms with E-state index in [2.05, 4.69) is 0 Å². The molecule has 0 aromatic heterocycles. The van der Waals surface area contributed by atoms with E-state index in [-0.39, 0.29) is 23.1 Å². The van der Waals surface area contributed by atoms with Gasteiger partial charge in [-0.1, -0.05) is 0 Å². The minimum absolute atomic E-state index is 0.0578. The number of aliphatic hydroxyl groups is 1. The highest BCUT2D eigenvalue weighted by Gasteiger charge is 2.54. The smallest absolute Gasteiger partial charge is 0.269 e. The van der Waals surface area contributed by atoms with Crippen molar-refractivity contribution >= 4 is 35.2 Å². The maximum Gasteiger partial charge on any atom is 0.269 e. The quantitative estimate of drug-likeness (QED) is 0.352. The molecule has 36 heavy (non-hydrogen) atoms. The van der Waals surface area contributed by atoms with Crippen LogP contribution >= 0.6 is 0 Å². The Kier molecular flexibility index (Phi) is 6.77. The van der Waals surface area contributed by atoms with Gasteiger partial charge in [0.15, 0.2) is 5.78 Å². The minimum atomic E-state index is -1.01. The number of hydrogen-bond donors (Lipinski definition) is 2. The second-order valence-electron chi connectivity index (χ2n) is 8.84. The first kappa shape index (κ1) is 24.9. The number of amides is 1. The summed E-state index contributed by atoms with van der Waals surface area (Å²) in [7, 11) is 0. The van der Waals surface area contributed by atoms with E-state index < -0.39 is 27.9 Å². The molecule has 1 unspecified atom stereocenters. The first-order valence-corrected chi connectivity index (χ1v) is 11.3. The molecule has 1 amide bonds. The highest BCUT2D eigenvalue weighted by molar-refractivity contribution is 6.23. The fraction of sp³-hybridized carbons (Fsp3) is 0.280. The van der Waals surface area contributed by atoms with Crippen molar-refractivity contribution in [2.45, 2.75) is 18.9 Å². The van der Waals surface area contributed by atoms with Crippen LogP contribution in [0.2, 0.25) is 0 Å². The number of nitrogens with two attached hydrogens (primary N) is 1. The number of rotatable bonds is 6. The van der Waals surface area contributed by atoms with Crippen LogP contribution in [0.25, 0.3) is 12.2 Å². The van der Waals surface area contributed by atoms with Gasteiger partial charge < -0.3 is 15.7 Å². The summed E-state index contributed by atoms with van der Waals surface area (Å²) in [6, 6.07) is 10.8. The maximum atomic E-state index is 13.3. The van der Waals surface area contributed by atoms with Gasteiger partial charge in [0.1, 0.15) is 6.04 Å². The number of non-ortho nitro benzene ring substituents is 2. The Bertz CT molecular complexity index is 1190. The number of nitro groups is 2. The molecule has 1 atom stereocenters. The van der Waals surface area contributed by atoms with Crippen LogP contribution in [0.15, 0.2) is 59.7 Å². The summed E-state index contributed by atoms with van der Waals surface area (Å²) in [5, 5.41) is 31.2. The molecule has 11 heteroatoms. The second kappa shape index (κ2) is 9.80. The van der Waals surface area contributed by atoms with Gasteiger partial charge in [-0.25, -0.2) is 0 Å². The predicted molar refractivity (Wildman–Crippen MR) is 130 cm³/mol. The van der Waals surface area contributed by atoms with Crippen molar-refractivity contribution < 1.29 is 24.5 Å². The maximum absolute atomic E-state index is 13.3. The van der Waals surface area contributed by atoms with Gasteiger partial charge in [-0.05, 0) is 60.4 Å². The molecule has 1 saturated heterocycles. The summed E-state index contributed by atoms with van der Waals surface area (Å²) < 4.78 is 0. The zero-order chi connectivity index (χ0) is 26.0. The van der Waals surface area contributed by atoms with E-state index in [1.165, 1.54) is 24.3 Å². The van der Waals surface area contributed by atoms with Gasteiger partial charge in [0.05, 0.1) is 16.5 Å². The van der Waals surface area contributed by atoms with Gasteiger partial charge in [-0.3, -0.25) is 29.8 Å². The lowest BCUT2D eigenvalue weighted by molar-refractivity contribution is -0.385. The molecule has 1 spiro atoms. The Morgan fingerprint density at radius 2 is 1.36 bits per heavy atom. The Labute approximate surface area is 205 Å². The van der Waals surface area contributed by atoms with Crippen LogP contribution in [0, 0.1) is 25.6 Å². The third kappa shape index (κ3) is 4.53. The summed E-state index contributed by atoms with van der Waals surface area (Å²) >= 11 is 0. The molecule has 0 bridgehead atoms. The zero-order valence-electron chi connectivity index (χ0n) is 19.2. The average molecular weight is 492 g/mol. The standard InChI is InChI=1S/C25H24N4O7/c26-22(15-30)24(32)27-11-9-25(10-12-27)20(13-16-1-5-18(6-2-16)28(33)34)23(31)21(25)14-17-3-7-19(8-4-17)29(35)36/h1-8,13-14,22,30H,9-12,15,26H2/b20-13-,21-14-. The first-order valence-electron chi connectivity index (χ1n) is 11.3. The SMILES string of the molecule is NC(CO)C(=O)N1CCC2(CC1)/C(=C\c1ccc([N+](=O)[O-])cc1)C(=O)/C2=C/c1ccc([N+](=O)[O-])cc1. The molecule has 11 nitrogen and oxygen atoms in total. The number of piperidine rings is 1. The molecule has 2 aromatic rings. The van der Waals surface area contributed by atoms with E-state index in [0.29, 0.717) is 48.2 Å².